The number of thiophene rings is 1. The fourth-order valence-electron chi connectivity index (χ4n) is 4.74. The zero-order valence-corrected chi connectivity index (χ0v) is 18.7. The normalized spacial score (nSPS) is 17.1. The zero-order valence-electron chi connectivity index (χ0n) is 17.9. The van der Waals surface area contributed by atoms with E-state index in [4.69, 9.17) is 0 Å². The van der Waals surface area contributed by atoms with Crippen molar-refractivity contribution in [3.63, 3.8) is 0 Å². The van der Waals surface area contributed by atoms with Crippen LogP contribution in [-0.4, -0.2) is 52.4 Å². The minimum atomic E-state index is -0.205. The summed E-state index contributed by atoms with van der Waals surface area (Å²) in [6.07, 6.45) is 4.88. The maximum Gasteiger partial charge on any atom is 0.263 e. The average Bonchev–Trinajstić information content (AvgIpc) is 3.43. The van der Waals surface area contributed by atoms with Gasteiger partial charge in [-0.25, -0.2) is 9.37 Å². The second-order valence-corrected chi connectivity index (χ2v) is 9.55. The summed E-state index contributed by atoms with van der Waals surface area (Å²) in [5.74, 6) is 0.118. The quantitative estimate of drug-likeness (QED) is 0.469. The molecule has 0 saturated carbocycles. The highest BCUT2D eigenvalue weighted by atomic mass is 32.1. The Morgan fingerprint density at radius 2 is 2.13 bits per heavy atom. The highest BCUT2D eigenvalue weighted by Crippen LogP contribution is 2.40. The van der Waals surface area contributed by atoms with Crippen molar-refractivity contribution in [2.24, 2.45) is 7.05 Å². The van der Waals surface area contributed by atoms with Crippen molar-refractivity contribution in [2.75, 3.05) is 27.2 Å². The summed E-state index contributed by atoms with van der Waals surface area (Å²) in [5, 5.41) is 2.07. The molecule has 0 aliphatic carbocycles. The van der Waals surface area contributed by atoms with Crippen molar-refractivity contribution in [2.45, 2.75) is 18.9 Å². The van der Waals surface area contributed by atoms with Crippen molar-refractivity contribution in [3.8, 4) is 0 Å². The average molecular weight is 437 g/mol. The predicted molar refractivity (Wildman–Crippen MR) is 123 cm³/mol. The van der Waals surface area contributed by atoms with Gasteiger partial charge in [-0.1, -0.05) is 6.07 Å². The van der Waals surface area contributed by atoms with Crippen LogP contribution in [0.25, 0.3) is 21.1 Å². The number of likely N-dealkylation sites (tertiary alicyclic amines) is 1. The second-order valence-electron chi connectivity index (χ2n) is 8.55. The van der Waals surface area contributed by atoms with Crippen molar-refractivity contribution < 1.29 is 9.18 Å². The number of carbonyl (C=O) groups excluding carboxylic acids is 1. The number of halogens is 1. The van der Waals surface area contributed by atoms with Gasteiger partial charge in [0.1, 0.15) is 10.6 Å². The van der Waals surface area contributed by atoms with Gasteiger partial charge in [-0.2, -0.15) is 0 Å². The standard InChI is InChI=1S/C24H25FN4OS/c1-27(2)24(30)22-21(18-5-4-9-26-23(18)31-22)15-8-10-29(13-15)14-16-12-28(3)20-7-6-17(25)11-19(16)20/h4-7,9,11-12,15H,8,10,13-14H2,1-3H3/t15-/m1/s1. The van der Waals surface area contributed by atoms with Gasteiger partial charge in [0.25, 0.3) is 5.91 Å². The number of fused-ring (bicyclic) bond motifs is 2. The summed E-state index contributed by atoms with van der Waals surface area (Å²) in [6, 6.07) is 9.00. The maximum atomic E-state index is 13.9. The van der Waals surface area contributed by atoms with Crippen LogP contribution in [0.3, 0.4) is 0 Å². The van der Waals surface area contributed by atoms with Gasteiger partial charge in [0.2, 0.25) is 0 Å². The summed E-state index contributed by atoms with van der Waals surface area (Å²) in [4.78, 5) is 23.2. The van der Waals surface area contributed by atoms with E-state index < -0.39 is 0 Å². The molecule has 4 heterocycles. The highest BCUT2D eigenvalue weighted by molar-refractivity contribution is 7.20. The minimum Gasteiger partial charge on any atom is -0.350 e. The van der Waals surface area contributed by atoms with Gasteiger partial charge in [-0.15, -0.1) is 11.3 Å². The molecular formula is C24H25FN4OS. The zero-order chi connectivity index (χ0) is 21.7. The summed E-state index contributed by atoms with van der Waals surface area (Å²) in [7, 11) is 5.59. The molecule has 5 nitrogen and oxygen atoms in total. The summed E-state index contributed by atoms with van der Waals surface area (Å²) >= 11 is 1.49. The molecule has 31 heavy (non-hydrogen) atoms. The molecule has 0 radical (unpaired) electrons. The first-order chi connectivity index (χ1) is 14.9. The number of nitrogens with zero attached hydrogens (tertiary/aromatic N) is 4. The molecule has 3 aromatic heterocycles. The van der Waals surface area contributed by atoms with Gasteiger partial charge < -0.3 is 9.47 Å². The van der Waals surface area contributed by atoms with E-state index in [1.54, 1.807) is 31.3 Å². The molecular weight excluding hydrogens is 411 g/mol. The van der Waals surface area contributed by atoms with Crippen molar-refractivity contribution in [3.05, 3.63) is 64.5 Å². The maximum absolute atomic E-state index is 13.9. The fourth-order valence-corrected chi connectivity index (χ4v) is 5.99. The fraction of sp³-hybridized carbons (Fsp3) is 0.333. The number of aromatic nitrogens is 2. The molecule has 0 bridgehead atoms. The first-order valence-corrected chi connectivity index (χ1v) is 11.3. The summed E-state index contributed by atoms with van der Waals surface area (Å²) < 4.78 is 15.9. The molecule has 1 amide bonds. The van der Waals surface area contributed by atoms with E-state index in [1.807, 2.05) is 19.2 Å². The van der Waals surface area contributed by atoms with Crippen molar-refractivity contribution in [1.29, 1.82) is 0 Å². The number of carbonyl (C=O) groups is 1. The Morgan fingerprint density at radius 1 is 1.29 bits per heavy atom. The van der Waals surface area contributed by atoms with Gasteiger partial charge >= 0.3 is 0 Å². The topological polar surface area (TPSA) is 41.4 Å². The van der Waals surface area contributed by atoms with Crippen LogP contribution in [0.15, 0.2) is 42.7 Å². The number of aryl methyl sites for hydroxylation is 1. The number of benzene rings is 1. The van der Waals surface area contributed by atoms with E-state index in [1.165, 1.54) is 17.4 Å². The monoisotopic (exact) mass is 436 g/mol. The van der Waals surface area contributed by atoms with Gasteiger partial charge in [-0.05, 0) is 48.4 Å². The number of pyridine rings is 1. The van der Waals surface area contributed by atoms with Crippen LogP contribution in [-0.2, 0) is 13.6 Å². The molecule has 1 aliphatic heterocycles. The molecule has 0 N–H and O–H groups in total. The van der Waals surface area contributed by atoms with Gasteiger partial charge in [-0.3, -0.25) is 9.69 Å². The van der Waals surface area contributed by atoms with E-state index in [-0.39, 0.29) is 17.6 Å². The Morgan fingerprint density at radius 3 is 2.94 bits per heavy atom. The molecule has 4 aromatic rings. The van der Waals surface area contributed by atoms with Gasteiger partial charge in [0.15, 0.2) is 0 Å². The molecule has 7 heteroatoms. The number of rotatable bonds is 4. The number of hydrogen-bond acceptors (Lipinski definition) is 4. The third kappa shape index (κ3) is 3.51. The van der Waals surface area contributed by atoms with E-state index in [9.17, 15) is 9.18 Å². The van der Waals surface area contributed by atoms with E-state index in [2.05, 4.69) is 26.7 Å². The van der Waals surface area contributed by atoms with Crippen LogP contribution in [0.2, 0.25) is 0 Å². The van der Waals surface area contributed by atoms with Gasteiger partial charge in [0.05, 0.1) is 4.88 Å². The Kier molecular flexibility index (Phi) is 5.02. The molecule has 5 rings (SSSR count). The van der Waals surface area contributed by atoms with Gasteiger partial charge in [0, 0.05) is 68.8 Å². The Bertz CT molecular complexity index is 1290. The molecule has 0 spiro atoms. The van der Waals surface area contributed by atoms with E-state index >= 15 is 0 Å². The summed E-state index contributed by atoms with van der Waals surface area (Å²) in [5.41, 5.74) is 3.32. The summed E-state index contributed by atoms with van der Waals surface area (Å²) in [6.45, 7) is 2.60. The second kappa shape index (κ2) is 7.73. The predicted octanol–water partition coefficient (Wildman–Crippen LogP) is 4.62. The van der Waals surface area contributed by atoms with E-state index in [0.717, 1.165) is 63.2 Å². The van der Waals surface area contributed by atoms with E-state index in [0.29, 0.717) is 0 Å². The Labute approximate surface area is 184 Å². The lowest BCUT2D eigenvalue weighted by molar-refractivity contribution is 0.0831. The van der Waals surface area contributed by atoms with Crippen LogP contribution in [0.5, 0.6) is 0 Å². The molecule has 1 aliphatic rings. The molecule has 1 fully saturated rings. The minimum absolute atomic E-state index is 0.0426. The molecule has 1 atom stereocenters. The number of hydrogen-bond donors (Lipinski definition) is 0. The van der Waals surface area contributed by atoms with Crippen LogP contribution < -0.4 is 0 Å². The molecule has 160 valence electrons. The first-order valence-electron chi connectivity index (χ1n) is 10.5. The van der Waals surface area contributed by atoms with Crippen molar-refractivity contribution >= 4 is 38.4 Å². The number of amides is 1. The van der Waals surface area contributed by atoms with Crippen molar-refractivity contribution in [1.82, 2.24) is 19.4 Å². The SMILES string of the molecule is CN(C)C(=O)c1sc2ncccc2c1[C@@H]1CCN(Cc2cn(C)c3ccc(F)cc23)C1. The van der Waals surface area contributed by atoms with Crippen LogP contribution in [0.4, 0.5) is 4.39 Å². The Balaban J connectivity index is 1.45. The lowest BCUT2D eigenvalue weighted by atomic mass is 9.95. The highest BCUT2D eigenvalue weighted by Gasteiger charge is 2.31. The lowest BCUT2D eigenvalue weighted by Gasteiger charge is -2.17. The third-order valence-electron chi connectivity index (χ3n) is 6.21. The smallest absolute Gasteiger partial charge is 0.263 e. The third-order valence-corrected chi connectivity index (χ3v) is 7.33. The van der Waals surface area contributed by atoms with Crippen LogP contribution in [0.1, 0.15) is 33.1 Å². The molecule has 1 saturated heterocycles. The molecule has 0 unspecified atom stereocenters. The largest absolute Gasteiger partial charge is 0.350 e. The lowest BCUT2D eigenvalue weighted by Crippen LogP contribution is -2.23. The molecule has 1 aromatic carbocycles. The van der Waals surface area contributed by atoms with Crippen LogP contribution >= 0.6 is 11.3 Å². The Hall–Kier alpha value is -2.77. The first kappa shape index (κ1) is 20.2. The van der Waals surface area contributed by atoms with Crippen LogP contribution in [0, 0.1) is 5.82 Å².